The molecule has 2 aliphatic heterocycles. The summed E-state index contributed by atoms with van der Waals surface area (Å²) in [7, 11) is 1.61. The maximum atomic E-state index is 12.7. The van der Waals surface area contributed by atoms with Gasteiger partial charge in [0.1, 0.15) is 0 Å². The number of thiophene rings is 1. The van der Waals surface area contributed by atoms with E-state index in [0.29, 0.717) is 4.73 Å². The minimum absolute atomic E-state index is 0.0860. The number of aliphatic imine (C=N–C) groups is 1. The fourth-order valence-electron chi connectivity index (χ4n) is 4.81. The Balaban J connectivity index is 1.64. The van der Waals surface area contributed by atoms with E-state index < -0.39 is 5.91 Å². The van der Waals surface area contributed by atoms with Crippen LogP contribution in [0.3, 0.4) is 0 Å². The topological polar surface area (TPSA) is 54.7 Å². The normalized spacial score (nSPS) is 18.5. The van der Waals surface area contributed by atoms with Crippen LogP contribution in [0.25, 0.3) is 32.9 Å². The number of carbonyl (C=O) groups excluding carboxylic acids is 2. The number of para-hydroxylation sites is 2. The van der Waals surface area contributed by atoms with Gasteiger partial charge in [0.15, 0.2) is 0 Å². The van der Waals surface area contributed by atoms with Crippen LogP contribution < -0.4 is 0 Å². The number of amidine groups is 1. The predicted molar refractivity (Wildman–Crippen MR) is 130 cm³/mol. The quantitative estimate of drug-likeness (QED) is 0.220. The molecular weight excluding hydrogens is 485 g/mol. The second kappa shape index (κ2) is 6.51. The SMILES string of the molecule is CN1C(=O)/C(=C/c2cc3c(s2)-n2c4ccccc4c4cccc(c42)C3(C)C)C(=O)N=C1[Se]. The van der Waals surface area contributed by atoms with Crippen LogP contribution in [-0.2, 0) is 15.0 Å². The first-order chi connectivity index (χ1) is 15.3. The number of hydrogen-bond donors (Lipinski definition) is 0. The Morgan fingerprint density at radius 1 is 1.03 bits per heavy atom. The summed E-state index contributed by atoms with van der Waals surface area (Å²) in [5.41, 5.74) is 4.72. The molecule has 32 heavy (non-hydrogen) atoms. The minimum atomic E-state index is -0.510. The molecule has 5 nitrogen and oxygen atoms in total. The van der Waals surface area contributed by atoms with E-state index in [2.05, 4.69) is 88.0 Å². The standard InChI is InChI=1S/C25H18N3O2SSe/c1-25(2)17-9-6-8-15-14-7-4-5-10-19(14)28(20(15)17)23-18(25)12-13(31-23)11-16-21(29)26-24(32)27(3)22(16)30/h4-12H,1-3H3/b16-11+. The van der Waals surface area contributed by atoms with Gasteiger partial charge in [0, 0.05) is 0 Å². The van der Waals surface area contributed by atoms with Crippen LogP contribution in [0.15, 0.2) is 59.1 Å². The summed E-state index contributed by atoms with van der Waals surface area (Å²) in [5.74, 6) is -0.856. The molecule has 0 N–H and O–H groups in total. The molecule has 4 heterocycles. The summed E-state index contributed by atoms with van der Waals surface area (Å²) in [6.45, 7) is 4.47. The first-order valence-corrected chi connectivity index (χ1v) is 11.9. The molecule has 0 saturated heterocycles. The van der Waals surface area contributed by atoms with Crippen LogP contribution in [0, 0.1) is 0 Å². The summed E-state index contributed by atoms with van der Waals surface area (Å²) in [4.78, 5) is 31.4. The third kappa shape index (κ3) is 2.47. The number of fused-ring (bicyclic) bond motifs is 5. The zero-order valence-corrected chi connectivity index (χ0v) is 20.2. The van der Waals surface area contributed by atoms with Crippen molar-refractivity contribution in [3.63, 3.8) is 0 Å². The fourth-order valence-corrected chi connectivity index (χ4v) is 6.44. The summed E-state index contributed by atoms with van der Waals surface area (Å²) < 4.78 is 2.63. The van der Waals surface area contributed by atoms with Crippen molar-refractivity contribution in [3.05, 3.63) is 70.1 Å². The van der Waals surface area contributed by atoms with Crippen molar-refractivity contribution in [2.24, 2.45) is 4.99 Å². The average molecular weight is 503 g/mol. The van der Waals surface area contributed by atoms with Crippen LogP contribution in [0.4, 0.5) is 0 Å². The molecule has 1 radical (unpaired) electrons. The van der Waals surface area contributed by atoms with E-state index in [9.17, 15) is 9.59 Å². The molecule has 2 amide bonds. The van der Waals surface area contributed by atoms with Crippen LogP contribution in [0.2, 0.25) is 0 Å². The van der Waals surface area contributed by atoms with Crippen LogP contribution in [-0.4, -0.2) is 49.1 Å². The van der Waals surface area contributed by atoms with Gasteiger partial charge in [0.2, 0.25) is 0 Å². The molecule has 0 fully saturated rings. The Labute approximate surface area is 196 Å². The Bertz CT molecular complexity index is 1570. The van der Waals surface area contributed by atoms with E-state index in [0.717, 1.165) is 15.4 Å². The molecule has 2 aromatic carbocycles. The molecular formula is C25H18N3O2SSe. The second-order valence-electron chi connectivity index (χ2n) is 8.67. The molecule has 7 heteroatoms. The van der Waals surface area contributed by atoms with Crippen molar-refractivity contribution in [2.75, 3.05) is 7.05 Å². The number of aromatic nitrogens is 1. The molecule has 6 rings (SSSR count). The number of amides is 2. The van der Waals surface area contributed by atoms with E-state index >= 15 is 0 Å². The Hall–Kier alpha value is -2.99. The molecule has 2 aromatic heterocycles. The molecule has 0 unspecified atom stereocenters. The van der Waals surface area contributed by atoms with Crippen molar-refractivity contribution >= 4 is 71.8 Å². The Morgan fingerprint density at radius 2 is 1.78 bits per heavy atom. The molecule has 4 aromatic rings. The van der Waals surface area contributed by atoms with Crippen molar-refractivity contribution in [3.8, 4) is 5.00 Å². The zero-order valence-electron chi connectivity index (χ0n) is 17.7. The van der Waals surface area contributed by atoms with E-state index in [-0.39, 0.29) is 16.9 Å². The van der Waals surface area contributed by atoms with Gasteiger partial charge in [-0.2, -0.15) is 0 Å². The Kier molecular flexibility index (Phi) is 4.01. The van der Waals surface area contributed by atoms with Gasteiger partial charge in [0.25, 0.3) is 0 Å². The molecule has 2 aliphatic rings. The zero-order chi connectivity index (χ0) is 22.4. The van der Waals surface area contributed by atoms with Gasteiger partial charge in [-0.1, -0.05) is 6.07 Å². The maximum absolute atomic E-state index is 12.7. The van der Waals surface area contributed by atoms with Gasteiger partial charge in [0.05, 0.1) is 0 Å². The van der Waals surface area contributed by atoms with Gasteiger partial charge in [-0.25, -0.2) is 0 Å². The van der Waals surface area contributed by atoms with E-state index in [1.54, 1.807) is 24.5 Å². The summed E-state index contributed by atoms with van der Waals surface area (Å²) >= 11 is 4.27. The second-order valence-corrected chi connectivity index (χ2v) is 10.5. The first kappa shape index (κ1) is 19.7. The predicted octanol–water partition coefficient (Wildman–Crippen LogP) is 4.39. The number of carbonyl (C=O) groups is 2. The van der Waals surface area contributed by atoms with Gasteiger partial charge in [-0.15, -0.1) is 0 Å². The van der Waals surface area contributed by atoms with Crippen LogP contribution in [0.1, 0.15) is 29.9 Å². The fraction of sp³-hybridized carbons (Fsp3) is 0.160. The molecule has 0 spiro atoms. The summed E-state index contributed by atoms with van der Waals surface area (Å²) in [6, 6.07) is 17.1. The van der Waals surface area contributed by atoms with E-state index in [1.807, 2.05) is 0 Å². The summed E-state index contributed by atoms with van der Waals surface area (Å²) in [5, 5.41) is 3.59. The monoisotopic (exact) mass is 504 g/mol. The van der Waals surface area contributed by atoms with Crippen LogP contribution in [0.5, 0.6) is 0 Å². The molecule has 0 atom stereocenters. The number of likely N-dealkylation sites (N-methyl/N-ethyl adjacent to an activating group) is 1. The number of hydrogen-bond acceptors (Lipinski definition) is 3. The van der Waals surface area contributed by atoms with Crippen molar-refractivity contribution in [1.82, 2.24) is 9.47 Å². The van der Waals surface area contributed by atoms with Gasteiger partial charge < -0.3 is 0 Å². The average Bonchev–Trinajstić information content (AvgIpc) is 3.34. The van der Waals surface area contributed by atoms with E-state index in [1.165, 1.54) is 32.3 Å². The number of benzene rings is 2. The third-order valence-corrected chi connectivity index (χ3v) is 8.35. The number of nitrogens with zero attached hydrogens (tertiary/aromatic N) is 3. The molecule has 0 saturated carbocycles. The number of rotatable bonds is 1. The summed E-state index contributed by atoms with van der Waals surface area (Å²) in [6.07, 6.45) is 1.68. The van der Waals surface area contributed by atoms with Crippen molar-refractivity contribution in [1.29, 1.82) is 0 Å². The Morgan fingerprint density at radius 3 is 2.59 bits per heavy atom. The van der Waals surface area contributed by atoms with Gasteiger partial charge >= 0.3 is 191 Å². The van der Waals surface area contributed by atoms with Crippen LogP contribution >= 0.6 is 11.3 Å². The van der Waals surface area contributed by atoms with E-state index in [4.69, 9.17) is 0 Å². The van der Waals surface area contributed by atoms with Crippen molar-refractivity contribution < 1.29 is 9.59 Å². The third-order valence-electron chi connectivity index (χ3n) is 6.51. The first-order valence-electron chi connectivity index (χ1n) is 10.3. The van der Waals surface area contributed by atoms with Crippen molar-refractivity contribution in [2.45, 2.75) is 19.3 Å². The molecule has 157 valence electrons. The van der Waals surface area contributed by atoms with Gasteiger partial charge in [-0.05, 0) is 0 Å². The molecule has 0 bridgehead atoms. The molecule has 0 aliphatic carbocycles. The van der Waals surface area contributed by atoms with Gasteiger partial charge in [-0.3, -0.25) is 0 Å².